The summed E-state index contributed by atoms with van der Waals surface area (Å²) < 4.78 is 49.7. The van der Waals surface area contributed by atoms with Crippen LogP contribution in [0, 0.1) is 5.21 Å². The quantitative estimate of drug-likeness (QED) is 0.195. The van der Waals surface area contributed by atoms with Crippen molar-refractivity contribution in [3.8, 4) is 33.4 Å². The topological polar surface area (TPSA) is 108 Å². The summed E-state index contributed by atoms with van der Waals surface area (Å²) in [5, 5.41) is 13.5. The van der Waals surface area contributed by atoms with E-state index in [1.165, 1.54) is 24.7 Å². The van der Waals surface area contributed by atoms with E-state index in [4.69, 9.17) is 0 Å². The lowest BCUT2D eigenvalue weighted by atomic mass is 9.92. The fourth-order valence-corrected chi connectivity index (χ4v) is 6.18. The number of sulfone groups is 2. The molecule has 0 N–H and O–H groups in total. The van der Waals surface area contributed by atoms with E-state index in [0.717, 1.165) is 33.8 Å². The average molecular weight is 573 g/mol. The molecule has 0 spiro atoms. The molecule has 0 aliphatic rings. The molecule has 0 radical (unpaired) electrons. The molecule has 9 heteroatoms. The number of benzene rings is 3. The lowest BCUT2D eigenvalue weighted by Gasteiger charge is -2.24. The maximum Gasteiger partial charge on any atom is 0.188 e. The minimum absolute atomic E-state index is 0.142. The molecule has 0 fully saturated rings. The van der Waals surface area contributed by atoms with Crippen molar-refractivity contribution in [2.75, 3.05) is 12.5 Å². The van der Waals surface area contributed by atoms with Crippen molar-refractivity contribution >= 4 is 30.6 Å². The molecule has 0 saturated heterocycles. The van der Waals surface area contributed by atoms with Crippen LogP contribution in [0.4, 0.5) is 0 Å². The van der Waals surface area contributed by atoms with Gasteiger partial charge in [-0.05, 0) is 66.9 Å². The molecular formula is C31H28N2O5S2. The molecule has 5 aromatic rings. The molecule has 5 rings (SSSR count). The molecular weight excluding hydrogens is 544 g/mol. The zero-order valence-corrected chi connectivity index (χ0v) is 24.1. The molecule has 2 heterocycles. The highest BCUT2D eigenvalue weighted by Crippen LogP contribution is 2.38. The molecule has 0 aliphatic heterocycles. The second-order valence-electron chi connectivity index (χ2n) is 10.4. The van der Waals surface area contributed by atoms with E-state index in [-0.39, 0.29) is 4.90 Å². The van der Waals surface area contributed by atoms with Crippen molar-refractivity contribution in [1.29, 1.82) is 0 Å². The molecule has 0 atom stereocenters. The Kier molecular flexibility index (Phi) is 6.76. The highest BCUT2D eigenvalue weighted by Gasteiger charge is 2.33. The number of fused-ring (bicyclic) bond motifs is 1. The second kappa shape index (κ2) is 9.83. The van der Waals surface area contributed by atoms with Crippen LogP contribution < -0.4 is 4.73 Å². The average Bonchev–Trinajstić information content (AvgIpc) is 2.91. The van der Waals surface area contributed by atoms with Gasteiger partial charge >= 0.3 is 0 Å². The van der Waals surface area contributed by atoms with Gasteiger partial charge < -0.3 is 5.21 Å². The molecule has 0 aliphatic carbocycles. The van der Waals surface area contributed by atoms with Gasteiger partial charge in [-0.2, -0.15) is 4.73 Å². The zero-order valence-electron chi connectivity index (χ0n) is 22.5. The van der Waals surface area contributed by atoms with Crippen LogP contribution in [0.25, 0.3) is 44.3 Å². The molecule has 2 aromatic heterocycles. The Morgan fingerprint density at radius 2 is 1.40 bits per heavy atom. The fraction of sp³-hybridized carbons (Fsp3) is 0.161. The van der Waals surface area contributed by atoms with Gasteiger partial charge in [0.05, 0.1) is 15.2 Å². The first kappa shape index (κ1) is 27.5. The van der Waals surface area contributed by atoms with Gasteiger partial charge in [-0.25, -0.2) is 16.8 Å². The summed E-state index contributed by atoms with van der Waals surface area (Å²) in [4.78, 5) is 4.73. The molecule has 0 bridgehead atoms. The number of hydrogen-bond acceptors (Lipinski definition) is 6. The summed E-state index contributed by atoms with van der Waals surface area (Å²) in [5.74, 6) is 0. The van der Waals surface area contributed by atoms with E-state index in [0.29, 0.717) is 27.0 Å². The minimum atomic E-state index is -3.52. The van der Waals surface area contributed by atoms with Crippen LogP contribution in [0.2, 0.25) is 0 Å². The Morgan fingerprint density at radius 1 is 0.725 bits per heavy atom. The molecule has 0 saturated carbocycles. The lowest BCUT2D eigenvalue weighted by molar-refractivity contribution is -0.604. The number of pyridine rings is 2. The van der Waals surface area contributed by atoms with Crippen LogP contribution in [0.5, 0.6) is 0 Å². The summed E-state index contributed by atoms with van der Waals surface area (Å²) >= 11 is 0. The van der Waals surface area contributed by atoms with Crippen molar-refractivity contribution in [1.82, 2.24) is 4.98 Å². The van der Waals surface area contributed by atoms with Crippen molar-refractivity contribution in [3.05, 3.63) is 108 Å². The van der Waals surface area contributed by atoms with E-state index in [2.05, 4.69) is 4.98 Å². The van der Waals surface area contributed by atoms with Crippen molar-refractivity contribution in [3.63, 3.8) is 0 Å². The van der Waals surface area contributed by atoms with Gasteiger partial charge in [0.25, 0.3) is 0 Å². The maximum absolute atomic E-state index is 12.7. The molecule has 40 heavy (non-hydrogen) atoms. The van der Waals surface area contributed by atoms with Gasteiger partial charge in [-0.3, -0.25) is 4.98 Å². The molecule has 0 unspecified atom stereocenters. The number of nitrogens with zero attached hydrogens (tertiary/aromatic N) is 2. The van der Waals surface area contributed by atoms with Crippen LogP contribution >= 0.6 is 0 Å². The summed E-state index contributed by atoms with van der Waals surface area (Å²) in [7, 11) is -6.95. The zero-order chi connectivity index (χ0) is 28.9. The molecule has 0 amide bonds. The first-order valence-electron chi connectivity index (χ1n) is 12.5. The Hall–Kier alpha value is -4.08. The predicted molar refractivity (Wildman–Crippen MR) is 158 cm³/mol. The Morgan fingerprint density at radius 3 is 2.12 bits per heavy atom. The maximum atomic E-state index is 12.7. The third-order valence-electron chi connectivity index (χ3n) is 7.28. The monoisotopic (exact) mass is 572 g/mol. The van der Waals surface area contributed by atoms with E-state index in [1.54, 1.807) is 44.3 Å². The van der Waals surface area contributed by atoms with Gasteiger partial charge in [-0.1, -0.05) is 42.5 Å². The van der Waals surface area contributed by atoms with Crippen LogP contribution in [0.3, 0.4) is 0 Å². The number of rotatable bonds is 6. The summed E-state index contributed by atoms with van der Waals surface area (Å²) in [6, 6.07) is 23.4. The Balaban J connectivity index is 1.69. The number of aromatic nitrogens is 2. The summed E-state index contributed by atoms with van der Waals surface area (Å²) in [5.41, 5.74) is 5.18. The highest BCUT2D eigenvalue weighted by atomic mass is 32.2. The summed E-state index contributed by atoms with van der Waals surface area (Å²) in [6.07, 6.45) is 6.85. The Bertz CT molecular complexity index is 2000. The number of hydrogen-bond donors (Lipinski definition) is 0. The van der Waals surface area contributed by atoms with Crippen LogP contribution in [0.1, 0.15) is 19.4 Å². The smallest absolute Gasteiger partial charge is 0.188 e. The van der Waals surface area contributed by atoms with Gasteiger partial charge in [-0.15, -0.1) is 0 Å². The van der Waals surface area contributed by atoms with Crippen LogP contribution in [0.15, 0.2) is 102 Å². The standard InChI is InChI=1S/C31H28N2O5S2/c1-31(2,40(4,37)38)26-17-23-11-8-14-32-30(23)28(18-26)22-10-7-9-21(15-22)24-16-25(20-33(34)19-24)27-12-5-6-13-29(27)39(3,35)36/h5-20H,1-4H3. The SMILES string of the molecule is CC(C)(c1cc(-c2cccc(-c3cc(-c4ccccc4S(C)(=O)=O)c[n+]([O-])c3)c2)c2ncccc2c1)S(C)(=O)=O. The third-order valence-corrected chi connectivity index (χ3v) is 10.5. The minimum Gasteiger partial charge on any atom is -0.619 e. The van der Waals surface area contributed by atoms with Crippen molar-refractivity contribution in [2.45, 2.75) is 23.5 Å². The van der Waals surface area contributed by atoms with E-state index in [1.807, 2.05) is 48.5 Å². The van der Waals surface area contributed by atoms with Gasteiger partial charge in [0.2, 0.25) is 0 Å². The van der Waals surface area contributed by atoms with Gasteiger partial charge in [0.1, 0.15) is 0 Å². The van der Waals surface area contributed by atoms with Crippen LogP contribution in [-0.4, -0.2) is 34.3 Å². The predicted octanol–water partition coefficient (Wildman–Crippen LogP) is 5.55. The first-order valence-corrected chi connectivity index (χ1v) is 16.3. The van der Waals surface area contributed by atoms with Crippen LogP contribution in [-0.2, 0) is 24.4 Å². The van der Waals surface area contributed by atoms with E-state index >= 15 is 0 Å². The fourth-order valence-electron chi connectivity index (χ4n) is 4.73. The van der Waals surface area contributed by atoms with Crippen molar-refractivity contribution < 1.29 is 21.6 Å². The third kappa shape index (κ3) is 5.10. The van der Waals surface area contributed by atoms with Crippen molar-refractivity contribution in [2.24, 2.45) is 0 Å². The van der Waals surface area contributed by atoms with E-state index < -0.39 is 24.4 Å². The van der Waals surface area contributed by atoms with Gasteiger partial charge in [0.15, 0.2) is 32.1 Å². The van der Waals surface area contributed by atoms with E-state index in [9.17, 15) is 22.0 Å². The Labute approximate surface area is 234 Å². The summed E-state index contributed by atoms with van der Waals surface area (Å²) in [6.45, 7) is 3.37. The largest absolute Gasteiger partial charge is 0.619 e. The molecule has 7 nitrogen and oxygen atoms in total. The first-order chi connectivity index (χ1) is 18.8. The normalized spacial score (nSPS) is 12.5. The highest BCUT2D eigenvalue weighted by molar-refractivity contribution is 7.91. The molecule has 204 valence electrons. The second-order valence-corrected chi connectivity index (χ2v) is 15.0. The lowest BCUT2D eigenvalue weighted by Crippen LogP contribution is -2.28. The molecule has 3 aromatic carbocycles. The van der Waals surface area contributed by atoms with Gasteiger partial charge in [0, 0.05) is 46.3 Å².